The van der Waals surface area contributed by atoms with Crippen LogP contribution in [0.2, 0.25) is 0 Å². The molecule has 1 aliphatic heterocycles. The predicted molar refractivity (Wildman–Crippen MR) is 127 cm³/mol. The highest BCUT2D eigenvalue weighted by Crippen LogP contribution is 2.34. The van der Waals surface area contributed by atoms with Gasteiger partial charge < -0.3 is 9.72 Å². The molecule has 2 heterocycles. The summed E-state index contributed by atoms with van der Waals surface area (Å²) in [5, 5.41) is 0. The minimum Gasteiger partial charge on any atom is -0.379 e. The first-order valence-electron chi connectivity index (χ1n) is 10.9. The smallest absolute Gasteiger partial charge is 0.233 e. The van der Waals surface area contributed by atoms with Crippen LogP contribution in [0.4, 0.5) is 5.69 Å². The zero-order valence-electron chi connectivity index (χ0n) is 18.5. The molecule has 0 radical (unpaired) electrons. The van der Waals surface area contributed by atoms with Crippen LogP contribution in [0.15, 0.2) is 55.0 Å². The number of hydrogen-bond donors (Lipinski definition) is 2. The lowest BCUT2D eigenvalue weighted by Gasteiger charge is -2.26. The molecule has 2 aromatic carbocycles. The molecule has 0 aliphatic carbocycles. The number of benzene rings is 2. The van der Waals surface area contributed by atoms with E-state index in [1.807, 2.05) is 24.4 Å². The molecule has 0 amide bonds. The highest BCUT2D eigenvalue weighted by Gasteiger charge is 2.22. The number of aryl methyl sites for hydroxylation is 1. The molecule has 7 nitrogen and oxygen atoms in total. The minimum atomic E-state index is -3.46. The number of ether oxygens (including phenoxy) is 1. The molecule has 0 spiro atoms. The predicted octanol–water partition coefficient (Wildman–Crippen LogP) is 3.28. The normalized spacial score (nSPS) is 16.1. The number of imidazole rings is 1. The number of aromatic amines is 1. The number of sulfonamides is 1. The molecule has 32 heavy (non-hydrogen) atoms. The van der Waals surface area contributed by atoms with Gasteiger partial charge in [0.15, 0.2) is 0 Å². The van der Waals surface area contributed by atoms with E-state index in [2.05, 4.69) is 51.6 Å². The SMILES string of the molecule is Cc1cccc(C(c2cccc(NS(=O)(=O)CCN3CCOCC3)c2)c2cnc[nH]2)c1C. The van der Waals surface area contributed by atoms with E-state index < -0.39 is 10.0 Å². The van der Waals surface area contributed by atoms with E-state index in [9.17, 15) is 8.42 Å². The van der Waals surface area contributed by atoms with Crippen LogP contribution in [0.3, 0.4) is 0 Å². The van der Waals surface area contributed by atoms with Gasteiger partial charge in [0.2, 0.25) is 10.0 Å². The third kappa shape index (κ3) is 5.38. The summed E-state index contributed by atoms with van der Waals surface area (Å²) in [5.41, 5.74) is 6.12. The van der Waals surface area contributed by atoms with Crippen molar-refractivity contribution in [3.63, 3.8) is 0 Å². The van der Waals surface area contributed by atoms with Gasteiger partial charge in [-0.2, -0.15) is 0 Å². The number of aromatic nitrogens is 2. The molecule has 1 saturated heterocycles. The summed E-state index contributed by atoms with van der Waals surface area (Å²) in [6, 6.07) is 13.9. The van der Waals surface area contributed by atoms with Crippen LogP contribution < -0.4 is 4.72 Å². The third-order valence-corrected chi connectivity index (χ3v) is 7.33. The molecule has 4 rings (SSSR count). The lowest BCUT2D eigenvalue weighted by Crippen LogP contribution is -2.39. The first-order chi connectivity index (χ1) is 15.4. The van der Waals surface area contributed by atoms with E-state index in [1.165, 1.54) is 16.7 Å². The van der Waals surface area contributed by atoms with Gasteiger partial charge in [0.1, 0.15) is 0 Å². The van der Waals surface area contributed by atoms with Crippen molar-refractivity contribution in [2.24, 2.45) is 0 Å². The number of morpholine rings is 1. The first kappa shape index (κ1) is 22.5. The average Bonchev–Trinajstić information content (AvgIpc) is 3.31. The Morgan fingerprint density at radius 2 is 1.94 bits per heavy atom. The molecule has 1 aromatic heterocycles. The zero-order valence-corrected chi connectivity index (χ0v) is 19.4. The number of hydrogen-bond acceptors (Lipinski definition) is 5. The summed E-state index contributed by atoms with van der Waals surface area (Å²) < 4.78 is 33.6. The van der Waals surface area contributed by atoms with Gasteiger partial charge in [-0.3, -0.25) is 9.62 Å². The van der Waals surface area contributed by atoms with E-state index in [0.717, 1.165) is 24.3 Å². The molecule has 2 N–H and O–H groups in total. The topological polar surface area (TPSA) is 87.3 Å². The molecule has 170 valence electrons. The van der Waals surface area contributed by atoms with E-state index in [1.54, 1.807) is 12.4 Å². The number of H-pyrrole nitrogens is 1. The highest BCUT2D eigenvalue weighted by atomic mass is 32.2. The Morgan fingerprint density at radius 3 is 2.69 bits per heavy atom. The summed E-state index contributed by atoms with van der Waals surface area (Å²) >= 11 is 0. The van der Waals surface area contributed by atoms with Crippen molar-refractivity contribution in [2.45, 2.75) is 19.8 Å². The summed E-state index contributed by atoms with van der Waals surface area (Å²) in [4.78, 5) is 9.57. The van der Waals surface area contributed by atoms with Crippen LogP contribution in [0, 0.1) is 13.8 Å². The minimum absolute atomic E-state index is 0.0538. The van der Waals surface area contributed by atoms with Crippen molar-refractivity contribution in [2.75, 3.05) is 43.3 Å². The summed E-state index contributed by atoms with van der Waals surface area (Å²) in [7, 11) is -3.46. The average molecular weight is 455 g/mol. The van der Waals surface area contributed by atoms with Crippen molar-refractivity contribution >= 4 is 15.7 Å². The summed E-state index contributed by atoms with van der Waals surface area (Å²) in [6.07, 6.45) is 3.50. The van der Waals surface area contributed by atoms with Crippen LogP contribution >= 0.6 is 0 Å². The van der Waals surface area contributed by atoms with Gasteiger partial charge in [-0.1, -0.05) is 30.3 Å². The maximum Gasteiger partial charge on any atom is 0.233 e. The van der Waals surface area contributed by atoms with Gasteiger partial charge in [-0.05, 0) is 48.2 Å². The van der Waals surface area contributed by atoms with Gasteiger partial charge in [0, 0.05) is 37.2 Å². The Balaban J connectivity index is 1.58. The van der Waals surface area contributed by atoms with E-state index in [0.29, 0.717) is 25.4 Å². The van der Waals surface area contributed by atoms with Gasteiger partial charge in [-0.15, -0.1) is 0 Å². The Bertz CT molecular complexity index is 1140. The monoisotopic (exact) mass is 454 g/mol. The van der Waals surface area contributed by atoms with Gasteiger partial charge in [0.05, 0.1) is 31.2 Å². The van der Waals surface area contributed by atoms with Crippen molar-refractivity contribution < 1.29 is 13.2 Å². The molecular formula is C24H30N4O3S. The van der Waals surface area contributed by atoms with E-state index >= 15 is 0 Å². The van der Waals surface area contributed by atoms with Crippen molar-refractivity contribution in [3.8, 4) is 0 Å². The van der Waals surface area contributed by atoms with E-state index in [4.69, 9.17) is 4.74 Å². The fourth-order valence-electron chi connectivity index (χ4n) is 4.12. The highest BCUT2D eigenvalue weighted by molar-refractivity contribution is 7.92. The third-order valence-electron chi connectivity index (χ3n) is 6.06. The van der Waals surface area contributed by atoms with Gasteiger partial charge >= 0.3 is 0 Å². The largest absolute Gasteiger partial charge is 0.379 e. The van der Waals surface area contributed by atoms with E-state index in [-0.39, 0.29) is 11.7 Å². The lowest BCUT2D eigenvalue weighted by atomic mass is 9.85. The van der Waals surface area contributed by atoms with Crippen molar-refractivity contribution in [3.05, 3.63) is 82.9 Å². The van der Waals surface area contributed by atoms with Crippen LogP contribution in [0.25, 0.3) is 0 Å². The number of nitrogens with one attached hydrogen (secondary N) is 2. The molecular weight excluding hydrogens is 424 g/mol. The van der Waals surface area contributed by atoms with Crippen molar-refractivity contribution in [1.82, 2.24) is 14.9 Å². The molecule has 3 aromatic rings. The standard InChI is InChI=1S/C24H30N4O3S/c1-18-5-3-8-22(19(18)2)24(23-16-25-17-26-23)20-6-4-7-21(15-20)27-32(29,30)14-11-28-9-12-31-13-10-28/h3-8,15-17,24,27H,9-14H2,1-2H3,(H,25,26). The summed E-state index contributed by atoms with van der Waals surface area (Å²) in [5.74, 6) is -0.0201. The summed E-state index contributed by atoms with van der Waals surface area (Å²) in [6.45, 7) is 7.57. The Labute approximate surface area is 189 Å². The molecule has 1 atom stereocenters. The molecule has 8 heteroatoms. The Hall–Kier alpha value is -2.68. The second kappa shape index (κ2) is 9.85. The first-order valence-corrected chi connectivity index (χ1v) is 12.5. The number of rotatable bonds is 8. The van der Waals surface area contributed by atoms with Gasteiger partial charge in [0.25, 0.3) is 0 Å². The maximum absolute atomic E-state index is 12.7. The van der Waals surface area contributed by atoms with Crippen LogP contribution in [-0.4, -0.2) is 61.9 Å². The molecule has 0 bridgehead atoms. The molecule has 1 aliphatic rings. The van der Waals surface area contributed by atoms with Crippen LogP contribution in [0.1, 0.15) is 33.9 Å². The van der Waals surface area contributed by atoms with Crippen molar-refractivity contribution in [1.29, 1.82) is 0 Å². The zero-order chi connectivity index (χ0) is 22.6. The second-order valence-corrected chi connectivity index (χ2v) is 10.1. The van der Waals surface area contributed by atoms with Crippen LogP contribution in [0.5, 0.6) is 0 Å². The second-order valence-electron chi connectivity index (χ2n) is 8.23. The number of nitrogens with zero attached hydrogens (tertiary/aromatic N) is 2. The Morgan fingerprint density at radius 1 is 1.16 bits per heavy atom. The van der Waals surface area contributed by atoms with Gasteiger partial charge in [-0.25, -0.2) is 13.4 Å². The fourth-order valence-corrected chi connectivity index (χ4v) is 5.21. The number of anilines is 1. The lowest BCUT2D eigenvalue weighted by molar-refractivity contribution is 0.0408. The van der Waals surface area contributed by atoms with Crippen LogP contribution in [-0.2, 0) is 14.8 Å². The molecule has 1 unspecified atom stereocenters. The fraction of sp³-hybridized carbons (Fsp3) is 0.375. The quantitative estimate of drug-likeness (QED) is 0.545. The maximum atomic E-state index is 12.7. The molecule has 0 saturated carbocycles. The Kier molecular flexibility index (Phi) is 6.93. The molecule has 1 fully saturated rings.